The quantitative estimate of drug-likeness (QED) is 0.907. The highest BCUT2D eigenvalue weighted by molar-refractivity contribution is 6.30. The standard InChI is InChI=1S/C12H10ClN3O/c1-17-9-4-2-3-8(7-9)12-15-10(5-6-14)11(13)16-12/h2-4,7H,5H2,1H3,(H,15,16). The predicted molar refractivity (Wildman–Crippen MR) is 64.9 cm³/mol. The number of aromatic amines is 1. The summed E-state index contributed by atoms with van der Waals surface area (Å²) in [5.41, 5.74) is 1.50. The molecule has 1 aromatic heterocycles. The van der Waals surface area contributed by atoms with E-state index in [0.29, 0.717) is 16.7 Å². The largest absolute Gasteiger partial charge is 0.497 e. The van der Waals surface area contributed by atoms with Gasteiger partial charge in [0.15, 0.2) is 5.15 Å². The van der Waals surface area contributed by atoms with Crippen molar-refractivity contribution in [1.29, 1.82) is 5.26 Å². The Labute approximate surface area is 104 Å². The maximum Gasteiger partial charge on any atom is 0.151 e. The molecule has 1 heterocycles. The van der Waals surface area contributed by atoms with Crippen molar-refractivity contribution in [2.75, 3.05) is 7.11 Å². The first-order valence-electron chi connectivity index (χ1n) is 5.00. The monoisotopic (exact) mass is 247 g/mol. The number of methoxy groups -OCH3 is 1. The number of nitrogens with zero attached hydrogens (tertiary/aromatic N) is 2. The van der Waals surface area contributed by atoms with Crippen LogP contribution in [0.1, 0.15) is 5.69 Å². The molecule has 2 aromatic rings. The Balaban J connectivity index is 2.39. The molecule has 0 amide bonds. The molecule has 0 bridgehead atoms. The van der Waals surface area contributed by atoms with Crippen LogP contribution in [-0.4, -0.2) is 17.1 Å². The summed E-state index contributed by atoms with van der Waals surface area (Å²) >= 11 is 5.92. The number of rotatable bonds is 3. The van der Waals surface area contributed by atoms with Gasteiger partial charge in [0.05, 0.1) is 25.3 Å². The second-order valence-electron chi connectivity index (χ2n) is 3.42. The zero-order chi connectivity index (χ0) is 12.3. The minimum atomic E-state index is 0.218. The van der Waals surface area contributed by atoms with Crippen LogP contribution >= 0.6 is 11.6 Å². The molecule has 0 unspecified atom stereocenters. The number of halogens is 1. The lowest BCUT2D eigenvalue weighted by Gasteiger charge is -2.01. The molecule has 0 saturated heterocycles. The van der Waals surface area contributed by atoms with Crippen molar-refractivity contribution in [2.24, 2.45) is 0 Å². The van der Waals surface area contributed by atoms with E-state index in [1.54, 1.807) is 7.11 Å². The average molecular weight is 248 g/mol. The highest BCUT2D eigenvalue weighted by atomic mass is 35.5. The molecule has 2 rings (SSSR count). The minimum absolute atomic E-state index is 0.218. The van der Waals surface area contributed by atoms with Crippen LogP contribution < -0.4 is 4.74 Å². The number of aromatic nitrogens is 2. The van der Waals surface area contributed by atoms with Gasteiger partial charge in [0, 0.05) is 5.56 Å². The molecule has 1 aromatic carbocycles. The van der Waals surface area contributed by atoms with Crippen LogP contribution in [-0.2, 0) is 6.42 Å². The van der Waals surface area contributed by atoms with Gasteiger partial charge in [0.1, 0.15) is 11.6 Å². The molecule has 0 saturated carbocycles. The maximum absolute atomic E-state index is 8.63. The SMILES string of the molecule is COc1cccc(-c2nc(Cl)c(CC#N)[nH]2)c1. The highest BCUT2D eigenvalue weighted by Crippen LogP contribution is 2.24. The fraction of sp³-hybridized carbons (Fsp3) is 0.167. The molecule has 1 N–H and O–H groups in total. The summed E-state index contributed by atoms with van der Waals surface area (Å²) < 4.78 is 5.13. The predicted octanol–water partition coefficient (Wildman–Crippen LogP) is 2.80. The van der Waals surface area contributed by atoms with Gasteiger partial charge in [-0.25, -0.2) is 4.98 Å². The smallest absolute Gasteiger partial charge is 0.151 e. The minimum Gasteiger partial charge on any atom is -0.497 e. The number of nitrogens with one attached hydrogen (secondary N) is 1. The maximum atomic E-state index is 8.63. The van der Waals surface area contributed by atoms with E-state index in [1.807, 2.05) is 30.3 Å². The third-order valence-corrected chi connectivity index (χ3v) is 2.64. The van der Waals surface area contributed by atoms with Gasteiger partial charge in [-0.3, -0.25) is 0 Å². The van der Waals surface area contributed by atoms with Crippen molar-refractivity contribution < 1.29 is 4.74 Å². The number of imidazole rings is 1. The Bertz CT molecular complexity index is 571. The number of ether oxygens (including phenoxy) is 1. The van der Waals surface area contributed by atoms with E-state index in [4.69, 9.17) is 21.6 Å². The van der Waals surface area contributed by atoms with Gasteiger partial charge < -0.3 is 9.72 Å². The van der Waals surface area contributed by atoms with Crippen molar-refractivity contribution in [3.05, 3.63) is 35.1 Å². The lowest BCUT2D eigenvalue weighted by molar-refractivity contribution is 0.415. The number of hydrogen-bond acceptors (Lipinski definition) is 3. The fourth-order valence-corrected chi connectivity index (χ4v) is 1.69. The van der Waals surface area contributed by atoms with E-state index in [9.17, 15) is 0 Å². The van der Waals surface area contributed by atoms with Crippen LogP contribution in [0, 0.1) is 11.3 Å². The van der Waals surface area contributed by atoms with E-state index in [1.165, 1.54) is 0 Å². The van der Waals surface area contributed by atoms with E-state index in [-0.39, 0.29) is 6.42 Å². The first-order chi connectivity index (χ1) is 8.24. The Kier molecular flexibility index (Phi) is 3.31. The molecule has 0 aliphatic carbocycles. The Morgan fingerprint density at radius 3 is 3.06 bits per heavy atom. The van der Waals surface area contributed by atoms with Crippen molar-refractivity contribution in [2.45, 2.75) is 6.42 Å². The topological polar surface area (TPSA) is 61.7 Å². The first kappa shape index (κ1) is 11.5. The van der Waals surface area contributed by atoms with Crippen LogP contribution in [0.15, 0.2) is 24.3 Å². The summed E-state index contributed by atoms with van der Waals surface area (Å²) in [6.45, 7) is 0. The Morgan fingerprint density at radius 1 is 1.53 bits per heavy atom. The molecular formula is C12H10ClN3O. The van der Waals surface area contributed by atoms with Crippen LogP contribution in [0.3, 0.4) is 0 Å². The van der Waals surface area contributed by atoms with Crippen LogP contribution in [0.25, 0.3) is 11.4 Å². The molecule has 17 heavy (non-hydrogen) atoms. The van der Waals surface area contributed by atoms with Gasteiger partial charge in [0.25, 0.3) is 0 Å². The number of nitriles is 1. The normalized spacial score (nSPS) is 9.94. The van der Waals surface area contributed by atoms with Gasteiger partial charge in [-0.2, -0.15) is 5.26 Å². The molecule has 5 heteroatoms. The summed E-state index contributed by atoms with van der Waals surface area (Å²) in [4.78, 5) is 7.21. The molecule has 0 atom stereocenters. The second kappa shape index (κ2) is 4.89. The molecule has 0 spiro atoms. The van der Waals surface area contributed by atoms with Crippen molar-refractivity contribution in [1.82, 2.24) is 9.97 Å². The first-order valence-corrected chi connectivity index (χ1v) is 5.38. The van der Waals surface area contributed by atoms with Crippen LogP contribution in [0.2, 0.25) is 5.15 Å². The van der Waals surface area contributed by atoms with Crippen LogP contribution in [0.4, 0.5) is 0 Å². The summed E-state index contributed by atoms with van der Waals surface area (Å²) in [7, 11) is 1.61. The Hall–Kier alpha value is -1.99. The van der Waals surface area contributed by atoms with Gasteiger partial charge in [0.2, 0.25) is 0 Å². The number of H-pyrrole nitrogens is 1. The highest BCUT2D eigenvalue weighted by Gasteiger charge is 2.09. The molecule has 0 aliphatic heterocycles. The zero-order valence-corrected chi connectivity index (χ0v) is 9.95. The van der Waals surface area contributed by atoms with Gasteiger partial charge >= 0.3 is 0 Å². The van der Waals surface area contributed by atoms with Crippen molar-refractivity contribution in [3.8, 4) is 23.2 Å². The summed E-state index contributed by atoms with van der Waals surface area (Å²) in [6, 6.07) is 9.50. The van der Waals surface area contributed by atoms with Gasteiger partial charge in [-0.1, -0.05) is 23.7 Å². The molecule has 0 fully saturated rings. The summed E-state index contributed by atoms with van der Waals surface area (Å²) in [5.74, 6) is 1.39. The fourth-order valence-electron chi connectivity index (χ4n) is 1.49. The lowest BCUT2D eigenvalue weighted by Crippen LogP contribution is -1.85. The molecule has 0 radical (unpaired) electrons. The van der Waals surface area contributed by atoms with E-state index in [2.05, 4.69) is 9.97 Å². The van der Waals surface area contributed by atoms with Crippen molar-refractivity contribution >= 4 is 11.6 Å². The van der Waals surface area contributed by atoms with Gasteiger partial charge in [-0.05, 0) is 12.1 Å². The summed E-state index contributed by atoms with van der Waals surface area (Å²) in [6.07, 6.45) is 0.218. The number of hydrogen-bond donors (Lipinski definition) is 1. The van der Waals surface area contributed by atoms with Crippen molar-refractivity contribution in [3.63, 3.8) is 0 Å². The molecular weight excluding hydrogens is 238 g/mol. The average Bonchev–Trinajstić information content (AvgIpc) is 2.72. The molecule has 4 nitrogen and oxygen atoms in total. The molecule has 86 valence electrons. The zero-order valence-electron chi connectivity index (χ0n) is 9.20. The van der Waals surface area contributed by atoms with E-state index < -0.39 is 0 Å². The third-order valence-electron chi connectivity index (χ3n) is 2.33. The summed E-state index contributed by atoms with van der Waals surface area (Å²) in [5, 5.41) is 8.97. The van der Waals surface area contributed by atoms with E-state index in [0.717, 1.165) is 11.3 Å². The van der Waals surface area contributed by atoms with Crippen LogP contribution in [0.5, 0.6) is 5.75 Å². The third kappa shape index (κ3) is 2.40. The second-order valence-corrected chi connectivity index (χ2v) is 3.78. The van der Waals surface area contributed by atoms with Gasteiger partial charge in [-0.15, -0.1) is 0 Å². The van der Waals surface area contributed by atoms with E-state index >= 15 is 0 Å². The number of benzene rings is 1. The lowest BCUT2D eigenvalue weighted by atomic mass is 10.2. The Morgan fingerprint density at radius 2 is 2.35 bits per heavy atom. The molecule has 0 aliphatic rings.